The van der Waals surface area contributed by atoms with Gasteiger partial charge in [-0.25, -0.2) is 4.79 Å². The second kappa shape index (κ2) is 7.71. The van der Waals surface area contributed by atoms with Crippen LogP contribution in [-0.4, -0.2) is 28.3 Å². The first kappa shape index (κ1) is 18.8. The third-order valence-electron chi connectivity index (χ3n) is 3.97. The smallest absolute Gasteiger partial charge is 0.359 e. The van der Waals surface area contributed by atoms with Crippen LogP contribution >= 0.6 is 11.3 Å². The Hall–Kier alpha value is -3.00. The molecule has 1 N–H and O–H groups in total. The molecule has 1 amide bonds. The van der Waals surface area contributed by atoms with E-state index in [2.05, 4.69) is 10.4 Å². The first-order valence-corrected chi connectivity index (χ1v) is 9.42. The molecule has 8 heteroatoms. The predicted molar refractivity (Wildman–Crippen MR) is 105 cm³/mol. The van der Waals surface area contributed by atoms with Crippen LogP contribution in [0.5, 0.6) is 0 Å². The number of esters is 1. The van der Waals surface area contributed by atoms with Crippen LogP contribution in [-0.2, 0) is 9.53 Å². The van der Waals surface area contributed by atoms with Gasteiger partial charge in [0.15, 0.2) is 5.69 Å². The van der Waals surface area contributed by atoms with Crippen LogP contribution < -0.4 is 10.9 Å². The summed E-state index contributed by atoms with van der Waals surface area (Å²) in [7, 11) is 0. The average Bonchev–Trinajstić information content (AvgIpc) is 3.07. The van der Waals surface area contributed by atoms with Gasteiger partial charge in [-0.15, -0.1) is 11.3 Å². The molecule has 0 radical (unpaired) electrons. The quantitative estimate of drug-likeness (QED) is 0.681. The van der Waals surface area contributed by atoms with Crippen LogP contribution in [0.4, 0.5) is 5.00 Å². The summed E-state index contributed by atoms with van der Waals surface area (Å²) in [5, 5.41) is 9.64. The van der Waals surface area contributed by atoms with E-state index in [-0.39, 0.29) is 30.0 Å². The number of benzene rings is 1. The van der Waals surface area contributed by atoms with Crippen LogP contribution in [0, 0.1) is 6.92 Å². The molecular formula is C19H19N3O4S. The summed E-state index contributed by atoms with van der Waals surface area (Å²) >= 11 is 1.18. The summed E-state index contributed by atoms with van der Waals surface area (Å²) in [5.74, 6) is -0.830. The van der Waals surface area contributed by atoms with Gasteiger partial charge in [-0.05, 0) is 26.0 Å². The molecule has 7 nitrogen and oxygen atoms in total. The Morgan fingerprint density at radius 2 is 1.93 bits per heavy atom. The number of anilines is 1. The van der Waals surface area contributed by atoms with E-state index in [4.69, 9.17) is 4.74 Å². The van der Waals surface area contributed by atoms with Crippen LogP contribution in [0.15, 0.2) is 34.4 Å². The first-order chi connectivity index (χ1) is 13.0. The summed E-state index contributed by atoms with van der Waals surface area (Å²) in [4.78, 5) is 37.3. The topological polar surface area (TPSA) is 90.3 Å². The van der Waals surface area contributed by atoms with Crippen molar-refractivity contribution < 1.29 is 14.3 Å². The molecule has 27 heavy (non-hydrogen) atoms. The van der Waals surface area contributed by atoms with E-state index in [1.165, 1.54) is 16.0 Å². The molecule has 0 aliphatic rings. The number of thiophene rings is 1. The fourth-order valence-electron chi connectivity index (χ4n) is 2.57. The Morgan fingerprint density at radius 1 is 1.22 bits per heavy atom. The molecule has 0 aliphatic carbocycles. The number of fused-ring (bicyclic) bond motifs is 1. The van der Waals surface area contributed by atoms with Crippen LogP contribution in [0.3, 0.4) is 0 Å². The van der Waals surface area contributed by atoms with Crippen molar-refractivity contribution in [3.8, 4) is 5.69 Å². The highest BCUT2D eigenvalue weighted by atomic mass is 32.1. The van der Waals surface area contributed by atoms with Gasteiger partial charge in [0, 0.05) is 17.2 Å². The van der Waals surface area contributed by atoms with Gasteiger partial charge in [-0.3, -0.25) is 9.59 Å². The second-order valence-corrected chi connectivity index (χ2v) is 6.76. The van der Waals surface area contributed by atoms with E-state index >= 15 is 0 Å². The fourth-order valence-corrected chi connectivity index (χ4v) is 3.52. The number of ether oxygens (including phenoxy) is 1. The number of hydrogen-bond acceptors (Lipinski definition) is 6. The maximum Gasteiger partial charge on any atom is 0.359 e. The van der Waals surface area contributed by atoms with E-state index in [0.29, 0.717) is 16.1 Å². The highest BCUT2D eigenvalue weighted by Gasteiger charge is 2.22. The van der Waals surface area contributed by atoms with E-state index in [9.17, 15) is 14.4 Å². The maximum absolute atomic E-state index is 13.1. The fraction of sp³-hybridized carbons (Fsp3) is 0.263. The third kappa shape index (κ3) is 3.61. The van der Waals surface area contributed by atoms with Crippen molar-refractivity contribution in [1.29, 1.82) is 0 Å². The molecule has 1 aromatic carbocycles. The Morgan fingerprint density at radius 3 is 2.56 bits per heavy atom. The van der Waals surface area contributed by atoms with Gasteiger partial charge in [0.2, 0.25) is 5.91 Å². The SMILES string of the molecule is CCOC(=O)c1nn(-c2ccc(C)cc2)c(=O)c2c(NC(=O)CC)scc12. The molecule has 140 valence electrons. The average molecular weight is 385 g/mol. The van der Waals surface area contributed by atoms with Gasteiger partial charge in [0.05, 0.1) is 17.7 Å². The lowest BCUT2D eigenvalue weighted by Gasteiger charge is -2.10. The Labute approximate surface area is 159 Å². The minimum atomic E-state index is -0.616. The van der Waals surface area contributed by atoms with Crippen molar-refractivity contribution in [2.24, 2.45) is 0 Å². The molecule has 0 fully saturated rings. The summed E-state index contributed by atoms with van der Waals surface area (Å²) in [6.45, 7) is 5.55. The molecule has 0 spiro atoms. The number of aryl methyl sites for hydroxylation is 1. The molecule has 0 bridgehead atoms. The van der Waals surface area contributed by atoms with E-state index in [0.717, 1.165) is 5.56 Å². The van der Waals surface area contributed by atoms with Crippen molar-refractivity contribution in [2.45, 2.75) is 27.2 Å². The predicted octanol–water partition coefficient (Wildman–Crippen LogP) is 3.28. The van der Waals surface area contributed by atoms with E-state index in [1.807, 2.05) is 19.1 Å². The highest BCUT2D eigenvalue weighted by molar-refractivity contribution is 7.16. The Balaban J connectivity index is 2.29. The third-order valence-corrected chi connectivity index (χ3v) is 4.87. The van der Waals surface area contributed by atoms with Crippen molar-refractivity contribution in [3.05, 3.63) is 51.3 Å². The summed E-state index contributed by atoms with van der Waals surface area (Å²) in [6.07, 6.45) is 0.279. The van der Waals surface area contributed by atoms with Crippen molar-refractivity contribution >= 4 is 39.0 Å². The van der Waals surface area contributed by atoms with Crippen LogP contribution in [0.1, 0.15) is 36.3 Å². The minimum absolute atomic E-state index is 0.0419. The van der Waals surface area contributed by atoms with Gasteiger partial charge in [0.25, 0.3) is 5.56 Å². The summed E-state index contributed by atoms with van der Waals surface area (Å²) in [6, 6.07) is 7.21. The maximum atomic E-state index is 13.1. The lowest BCUT2D eigenvalue weighted by Crippen LogP contribution is -2.25. The number of nitrogens with one attached hydrogen (secondary N) is 1. The lowest BCUT2D eigenvalue weighted by atomic mass is 10.2. The summed E-state index contributed by atoms with van der Waals surface area (Å²) in [5.41, 5.74) is 1.19. The standard InChI is InChI=1S/C19H19N3O4S/c1-4-14(23)20-17-15-13(10-27-17)16(19(25)26-5-2)21-22(18(15)24)12-8-6-11(3)7-9-12/h6-10H,4-5H2,1-3H3,(H,20,23). The molecule has 0 saturated heterocycles. The number of rotatable bonds is 5. The second-order valence-electron chi connectivity index (χ2n) is 5.88. The molecule has 0 aliphatic heterocycles. The Kier molecular flexibility index (Phi) is 5.36. The number of carbonyl (C=O) groups is 2. The Bertz CT molecular complexity index is 1070. The van der Waals surface area contributed by atoms with Gasteiger partial charge in [-0.2, -0.15) is 9.78 Å². The highest BCUT2D eigenvalue weighted by Crippen LogP contribution is 2.30. The van der Waals surface area contributed by atoms with Crippen molar-refractivity contribution in [1.82, 2.24) is 9.78 Å². The molecule has 2 heterocycles. The minimum Gasteiger partial charge on any atom is -0.461 e. The normalized spacial score (nSPS) is 10.8. The molecule has 2 aromatic heterocycles. The molecule has 0 unspecified atom stereocenters. The van der Waals surface area contributed by atoms with Gasteiger partial charge >= 0.3 is 5.97 Å². The molecule has 3 rings (SSSR count). The zero-order valence-electron chi connectivity index (χ0n) is 15.2. The molecule has 0 atom stereocenters. The monoisotopic (exact) mass is 385 g/mol. The molecule has 3 aromatic rings. The van der Waals surface area contributed by atoms with Crippen molar-refractivity contribution in [3.63, 3.8) is 0 Å². The molecule has 0 saturated carbocycles. The van der Waals surface area contributed by atoms with E-state index < -0.39 is 11.5 Å². The number of aromatic nitrogens is 2. The van der Waals surface area contributed by atoms with Crippen LogP contribution in [0.25, 0.3) is 16.5 Å². The first-order valence-electron chi connectivity index (χ1n) is 8.54. The van der Waals surface area contributed by atoms with Gasteiger partial charge < -0.3 is 10.1 Å². The zero-order valence-corrected chi connectivity index (χ0v) is 16.1. The lowest BCUT2D eigenvalue weighted by molar-refractivity contribution is -0.115. The number of carbonyl (C=O) groups excluding carboxylic acids is 2. The van der Waals surface area contributed by atoms with Crippen molar-refractivity contribution in [2.75, 3.05) is 11.9 Å². The van der Waals surface area contributed by atoms with Gasteiger partial charge in [-0.1, -0.05) is 24.6 Å². The molecular weight excluding hydrogens is 366 g/mol. The van der Waals surface area contributed by atoms with Gasteiger partial charge in [0.1, 0.15) is 5.00 Å². The van der Waals surface area contributed by atoms with E-state index in [1.54, 1.807) is 31.4 Å². The number of hydrogen-bond donors (Lipinski definition) is 1. The largest absolute Gasteiger partial charge is 0.461 e. The zero-order chi connectivity index (χ0) is 19.6. The number of nitrogens with zero attached hydrogens (tertiary/aromatic N) is 2. The van der Waals surface area contributed by atoms with Crippen LogP contribution in [0.2, 0.25) is 0 Å². The summed E-state index contributed by atoms with van der Waals surface area (Å²) < 4.78 is 6.27. The number of amides is 1.